The minimum absolute atomic E-state index is 0.115. The zero-order valence-electron chi connectivity index (χ0n) is 11.0. The zero-order chi connectivity index (χ0) is 14.8. The summed E-state index contributed by atoms with van der Waals surface area (Å²) in [5, 5.41) is 0. The van der Waals surface area contributed by atoms with Gasteiger partial charge >= 0.3 is 11.9 Å². The number of halogens is 2. The van der Waals surface area contributed by atoms with E-state index in [-0.39, 0.29) is 12.5 Å². The molecule has 0 unspecified atom stereocenters. The molecule has 0 N–H and O–H groups in total. The maximum atomic E-state index is 13.0. The van der Waals surface area contributed by atoms with Crippen LogP contribution in [0.25, 0.3) is 0 Å². The molecule has 0 aromatic carbocycles. The Hall–Kier alpha value is -1.50. The molecule has 1 aliphatic heterocycles. The first kappa shape index (κ1) is 14.9. The van der Waals surface area contributed by atoms with Gasteiger partial charge in [0.1, 0.15) is 4.88 Å². The van der Waals surface area contributed by atoms with Crippen LogP contribution in [0.5, 0.6) is 0 Å². The molecule has 7 heteroatoms. The number of esters is 1. The van der Waals surface area contributed by atoms with E-state index >= 15 is 0 Å². The third-order valence-corrected chi connectivity index (χ3v) is 4.32. The second-order valence-electron chi connectivity index (χ2n) is 4.61. The van der Waals surface area contributed by atoms with Crippen LogP contribution in [0.4, 0.5) is 8.78 Å². The maximum absolute atomic E-state index is 13.0. The minimum Gasteiger partial charge on any atom is -0.465 e. The molecule has 2 heterocycles. The van der Waals surface area contributed by atoms with E-state index in [0.29, 0.717) is 24.3 Å². The van der Waals surface area contributed by atoms with Crippen molar-refractivity contribution >= 4 is 23.2 Å². The number of hydrogen-bond donors (Lipinski definition) is 0. The lowest BCUT2D eigenvalue weighted by atomic mass is 10.2. The number of carbonyl (C=O) groups is 2. The maximum Gasteiger partial charge on any atom is 0.348 e. The summed E-state index contributed by atoms with van der Waals surface area (Å²) in [4.78, 5) is 25.3. The van der Waals surface area contributed by atoms with Crippen LogP contribution >= 0.6 is 11.3 Å². The molecule has 0 radical (unpaired) electrons. The third kappa shape index (κ3) is 3.15. The first-order valence-corrected chi connectivity index (χ1v) is 7.10. The molecular weight excluding hydrogens is 288 g/mol. The van der Waals surface area contributed by atoms with Gasteiger partial charge in [0, 0.05) is 24.4 Å². The molecule has 1 saturated heterocycles. The highest BCUT2D eigenvalue weighted by atomic mass is 32.1. The molecule has 1 aliphatic rings. The highest BCUT2D eigenvalue weighted by molar-refractivity contribution is 7.13. The van der Waals surface area contributed by atoms with Gasteiger partial charge in [0.25, 0.3) is 5.91 Å². The molecule has 2 rings (SSSR count). The van der Waals surface area contributed by atoms with Crippen LogP contribution in [0.2, 0.25) is 0 Å². The van der Waals surface area contributed by atoms with E-state index in [1.807, 2.05) is 6.07 Å². The summed E-state index contributed by atoms with van der Waals surface area (Å²) in [6.45, 7) is 0.434. The van der Waals surface area contributed by atoms with E-state index in [9.17, 15) is 18.4 Å². The van der Waals surface area contributed by atoms with Crippen molar-refractivity contribution in [1.82, 2.24) is 4.90 Å². The number of methoxy groups -OCH3 is 1. The van der Waals surface area contributed by atoms with Gasteiger partial charge in [-0.2, -0.15) is 8.78 Å². The fraction of sp³-hybridized carbons (Fsp3) is 0.538. The standard InChI is InChI=1S/C13H15F2NO3S/c1-19-11(17)10-5-4-9(20-10)3-2-7-16-8-6-13(14,15)12(16)18/h4-5H,2-3,6-8H2,1H3. The lowest BCUT2D eigenvalue weighted by Gasteiger charge is -2.15. The molecule has 0 saturated carbocycles. The highest BCUT2D eigenvalue weighted by Crippen LogP contribution is 2.28. The van der Waals surface area contributed by atoms with Crippen molar-refractivity contribution in [1.29, 1.82) is 0 Å². The zero-order valence-corrected chi connectivity index (χ0v) is 11.8. The van der Waals surface area contributed by atoms with Gasteiger partial charge in [-0.05, 0) is 25.0 Å². The first-order chi connectivity index (χ1) is 9.44. The average Bonchev–Trinajstić information content (AvgIpc) is 2.98. The largest absolute Gasteiger partial charge is 0.465 e. The van der Waals surface area contributed by atoms with Crippen LogP contribution in [0, 0.1) is 0 Å². The molecule has 1 fully saturated rings. The smallest absolute Gasteiger partial charge is 0.348 e. The average molecular weight is 303 g/mol. The predicted molar refractivity (Wildman–Crippen MR) is 70.1 cm³/mol. The molecule has 1 amide bonds. The summed E-state index contributed by atoms with van der Waals surface area (Å²) < 4.78 is 30.7. The Kier molecular flexibility index (Phi) is 4.37. The van der Waals surface area contributed by atoms with Crippen molar-refractivity contribution < 1.29 is 23.1 Å². The van der Waals surface area contributed by atoms with Crippen LogP contribution in [-0.4, -0.2) is 42.9 Å². The Morgan fingerprint density at radius 2 is 2.25 bits per heavy atom. The number of rotatable bonds is 5. The summed E-state index contributed by atoms with van der Waals surface area (Å²) >= 11 is 1.32. The number of aryl methyl sites for hydroxylation is 1. The molecule has 110 valence electrons. The minimum atomic E-state index is -3.19. The summed E-state index contributed by atoms with van der Waals surface area (Å²) in [6.07, 6.45) is 0.858. The molecule has 0 atom stereocenters. The Morgan fingerprint density at radius 1 is 1.50 bits per heavy atom. The summed E-state index contributed by atoms with van der Waals surface area (Å²) in [6, 6.07) is 3.50. The Bertz CT molecular complexity index is 515. The van der Waals surface area contributed by atoms with Crippen LogP contribution in [0.3, 0.4) is 0 Å². The van der Waals surface area contributed by atoms with E-state index in [2.05, 4.69) is 4.74 Å². The van der Waals surface area contributed by atoms with Crippen LogP contribution in [-0.2, 0) is 16.0 Å². The van der Waals surface area contributed by atoms with Crippen molar-refractivity contribution in [3.8, 4) is 0 Å². The van der Waals surface area contributed by atoms with E-state index in [1.54, 1.807) is 6.07 Å². The van der Waals surface area contributed by atoms with Crippen LogP contribution < -0.4 is 0 Å². The topological polar surface area (TPSA) is 46.6 Å². The van der Waals surface area contributed by atoms with Gasteiger partial charge in [-0.15, -0.1) is 11.3 Å². The monoisotopic (exact) mass is 303 g/mol. The number of alkyl halides is 2. The van der Waals surface area contributed by atoms with Gasteiger partial charge in [0.05, 0.1) is 7.11 Å². The van der Waals surface area contributed by atoms with Gasteiger partial charge in [-0.1, -0.05) is 0 Å². The summed E-state index contributed by atoms with van der Waals surface area (Å²) in [7, 11) is 1.32. The van der Waals surface area contributed by atoms with Gasteiger partial charge in [0.2, 0.25) is 0 Å². The third-order valence-electron chi connectivity index (χ3n) is 3.20. The molecular formula is C13H15F2NO3S. The lowest BCUT2D eigenvalue weighted by molar-refractivity contribution is -0.147. The molecule has 1 aromatic heterocycles. The SMILES string of the molecule is COC(=O)c1ccc(CCCN2CCC(F)(F)C2=O)s1. The molecule has 1 aromatic rings. The Morgan fingerprint density at radius 3 is 2.85 bits per heavy atom. The van der Waals surface area contributed by atoms with Crippen LogP contribution in [0.1, 0.15) is 27.4 Å². The predicted octanol–water partition coefficient (Wildman–Crippen LogP) is 2.33. The molecule has 4 nitrogen and oxygen atoms in total. The van der Waals surface area contributed by atoms with E-state index < -0.39 is 18.3 Å². The number of thiophene rings is 1. The van der Waals surface area contributed by atoms with E-state index in [1.165, 1.54) is 23.3 Å². The number of amides is 1. The van der Waals surface area contributed by atoms with Crippen molar-refractivity contribution in [3.63, 3.8) is 0 Å². The van der Waals surface area contributed by atoms with Gasteiger partial charge in [0.15, 0.2) is 0 Å². The fourth-order valence-electron chi connectivity index (χ4n) is 2.10. The number of likely N-dealkylation sites (tertiary alicyclic amines) is 1. The second-order valence-corrected chi connectivity index (χ2v) is 5.78. The fourth-order valence-corrected chi connectivity index (χ4v) is 3.06. The lowest BCUT2D eigenvalue weighted by Crippen LogP contribution is -2.34. The quantitative estimate of drug-likeness (QED) is 0.784. The number of carbonyl (C=O) groups excluding carboxylic acids is 2. The molecule has 0 spiro atoms. The van der Waals surface area contributed by atoms with Crippen LogP contribution in [0.15, 0.2) is 12.1 Å². The Balaban J connectivity index is 1.81. The number of ether oxygens (including phenoxy) is 1. The van der Waals surface area contributed by atoms with Crippen molar-refractivity contribution in [2.45, 2.75) is 25.2 Å². The van der Waals surface area contributed by atoms with E-state index in [4.69, 9.17) is 0 Å². The van der Waals surface area contributed by atoms with Crippen molar-refractivity contribution in [3.05, 3.63) is 21.9 Å². The van der Waals surface area contributed by atoms with Crippen molar-refractivity contribution in [2.24, 2.45) is 0 Å². The second kappa shape index (κ2) is 5.87. The Labute approximate surface area is 119 Å². The number of nitrogens with zero attached hydrogens (tertiary/aromatic N) is 1. The summed E-state index contributed by atoms with van der Waals surface area (Å²) in [5.74, 6) is -4.64. The molecule has 0 aliphatic carbocycles. The highest BCUT2D eigenvalue weighted by Gasteiger charge is 2.47. The van der Waals surface area contributed by atoms with Crippen molar-refractivity contribution in [2.75, 3.05) is 20.2 Å². The van der Waals surface area contributed by atoms with E-state index in [0.717, 1.165) is 4.88 Å². The van der Waals surface area contributed by atoms with Gasteiger partial charge in [-0.3, -0.25) is 4.79 Å². The molecule has 20 heavy (non-hydrogen) atoms. The normalized spacial score (nSPS) is 17.6. The number of hydrogen-bond acceptors (Lipinski definition) is 4. The summed E-state index contributed by atoms with van der Waals surface area (Å²) in [5.41, 5.74) is 0. The molecule has 0 bridgehead atoms. The van der Waals surface area contributed by atoms with Gasteiger partial charge < -0.3 is 9.64 Å². The van der Waals surface area contributed by atoms with Gasteiger partial charge in [-0.25, -0.2) is 4.79 Å². The first-order valence-electron chi connectivity index (χ1n) is 6.28.